The van der Waals surface area contributed by atoms with Crippen molar-refractivity contribution in [3.05, 3.63) is 0 Å². The van der Waals surface area contributed by atoms with Crippen molar-refractivity contribution in [3.8, 4) is 0 Å². The summed E-state index contributed by atoms with van der Waals surface area (Å²) in [6.45, 7) is 11.7. The van der Waals surface area contributed by atoms with Crippen LogP contribution in [0.5, 0.6) is 0 Å². The first-order chi connectivity index (χ1) is 9.41. The zero-order chi connectivity index (χ0) is 14.6. The minimum atomic E-state index is -0.558. The smallest absolute Gasteiger partial charge is 0.105 e. The molecule has 0 aromatic carbocycles. The van der Waals surface area contributed by atoms with Gasteiger partial charge in [-0.1, -0.05) is 34.6 Å². The highest BCUT2D eigenvalue weighted by atomic mass is 19.1. The van der Waals surface area contributed by atoms with E-state index in [2.05, 4.69) is 34.6 Å². The van der Waals surface area contributed by atoms with E-state index < -0.39 is 6.17 Å². The second-order valence-corrected chi connectivity index (χ2v) is 8.70. The second kappa shape index (κ2) is 5.29. The molecule has 0 radical (unpaired) electrons. The molecular weight excluding hydrogens is 247 g/mol. The van der Waals surface area contributed by atoms with Crippen LogP contribution in [0, 0.1) is 53.3 Å². The minimum Gasteiger partial charge on any atom is -0.247 e. The third-order valence-corrected chi connectivity index (χ3v) is 7.78. The molecule has 0 N–H and O–H groups in total. The molecule has 0 amide bonds. The van der Waals surface area contributed by atoms with Crippen molar-refractivity contribution in [2.75, 3.05) is 0 Å². The lowest BCUT2D eigenvalue weighted by Crippen LogP contribution is -2.52. The van der Waals surface area contributed by atoms with Gasteiger partial charge in [-0.05, 0) is 78.9 Å². The van der Waals surface area contributed by atoms with E-state index in [1.54, 1.807) is 0 Å². The highest BCUT2D eigenvalue weighted by molar-refractivity contribution is 5.01. The summed E-state index contributed by atoms with van der Waals surface area (Å²) in [6, 6.07) is 0. The molecule has 10 atom stereocenters. The van der Waals surface area contributed by atoms with E-state index in [0.29, 0.717) is 11.8 Å². The van der Waals surface area contributed by atoms with Crippen LogP contribution in [0.1, 0.15) is 60.3 Å². The van der Waals surface area contributed by atoms with E-state index in [4.69, 9.17) is 0 Å². The quantitative estimate of drug-likeness (QED) is 0.544. The largest absolute Gasteiger partial charge is 0.247 e. The minimum absolute atomic E-state index is 0.290. The average Bonchev–Trinajstić information content (AvgIpc) is 2.42. The van der Waals surface area contributed by atoms with Crippen LogP contribution in [0.15, 0.2) is 0 Å². The zero-order valence-electron chi connectivity index (χ0n) is 14.0. The van der Waals surface area contributed by atoms with Crippen molar-refractivity contribution in [2.45, 2.75) is 66.5 Å². The number of halogens is 1. The first kappa shape index (κ1) is 14.9. The molecule has 0 spiro atoms. The Morgan fingerprint density at radius 1 is 0.650 bits per heavy atom. The van der Waals surface area contributed by atoms with Crippen LogP contribution in [0.4, 0.5) is 4.39 Å². The van der Waals surface area contributed by atoms with Gasteiger partial charge in [-0.2, -0.15) is 0 Å². The Morgan fingerprint density at radius 2 is 1.15 bits per heavy atom. The van der Waals surface area contributed by atoms with Gasteiger partial charge in [0.25, 0.3) is 0 Å². The molecule has 3 aliphatic carbocycles. The van der Waals surface area contributed by atoms with Gasteiger partial charge in [0, 0.05) is 0 Å². The van der Waals surface area contributed by atoms with Gasteiger partial charge in [-0.25, -0.2) is 4.39 Å². The standard InChI is InChI=1S/C19H33F/c1-10-8-15-6-7-16-9-11(2)19(20)14(5)18(16)17(15)13(4)12(10)3/h10-19H,6-9H2,1-5H3. The molecule has 0 nitrogen and oxygen atoms in total. The first-order valence-electron chi connectivity index (χ1n) is 9.05. The molecule has 3 rings (SSSR count). The first-order valence-corrected chi connectivity index (χ1v) is 9.05. The number of alkyl halides is 1. The summed E-state index contributed by atoms with van der Waals surface area (Å²) in [6.07, 6.45) is 4.79. The molecule has 0 aromatic rings. The predicted octanol–water partition coefficient (Wildman–Crippen LogP) is 5.57. The molecule has 3 saturated carbocycles. The highest BCUT2D eigenvalue weighted by Gasteiger charge is 2.52. The van der Waals surface area contributed by atoms with Crippen LogP contribution < -0.4 is 0 Å². The molecule has 20 heavy (non-hydrogen) atoms. The van der Waals surface area contributed by atoms with Crippen molar-refractivity contribution in [1.82, 2.24) is 0 Å². The molecule has 3 fully saturated rings. The summed E-state index contributed by atoms with van der Waals surface area (Å²) in [5.41, 5.74) is 0. The van der Waals surface area contributed by atoms with E-state index >= 15 is 0 Å². The summed E-state index contributed by atoms with van der Waals surface area (Å²) in [5.74, 6) is 6.24. The van der Waals surface area contributed by atoms with Crippen molar-refractivity contribution in [2.24, 2.45) is 53.3 Å². The summed E-state index contributed by atoms with van der Waals surface area (Å²) >= 11 is 0. The van der Waals surface area contributed by atoms with Crippen LogP contribution in [0.3, 0.4) is 0 Å². The fourth-order valence-electron chi connectivity index (χ4n) is 6.45. The number of hydrogen-bond acceptors (Lipinski definition) is 0. The van der Waals surface area contributed by atoms with Gasteiger partial charge in [-0.3, -0.25) is 0 Å². The summed E-state index contributed by atoms with van der Waals surface area (Å²) in [4.78, 5) is 0. The molecular formula is C19H33F. The van der Waals surface area contributed by atoms with Crippen molar-refractivity contribution in [1.29, 1.82) is 0 Å². The van der Waals surface area contributed by atoms with Crippen LogP contribution >= 0.6 is 0 Å². The fraction of sp³-hybridized carbons (Fsp3) is 1.00. The van der Waals surface area contributed by atoms with Crippen molar-refractivity contribution >= 4 is 0 Å². The maximum Gasteiger partial charge on any atom is 0.105 e. The highest BCUT2D eigenvalue weighted by Crippen LogP contribution is 2.58. The zero-order valence-corrected chi connectivity index (χ0v) is 14.0. The van der Waals surface area contributed by atoms with Gasteiger partial charge in [-0.15, -0.1) is 0 Å². The Balaban J connectivity index is 1.88. The Bertz CT molecular complexity index is 314. The number of rotatable bonds is 0. The van der Waals surface area contributed by atoms with Gasteiger partial charge in [0.15, 0.2) is 0 Å². The van der Waals surface area contributed by atoms with Crippen LogP contribution in [0.25, 0.3) is 0 Å². The van der Waals surface area contributed by atoms with E-state index in [1.165, 1.54) is 19.3 Å². The lowest BCUT2D eigenvalue weighted by atomic mass is 9.48. The monoisotopic (exact) mass is 280 g/mol. The topological polar surface area (TPSA) is 0 Å². The lowest BCUT2D eigenvalue weighted by molar-refractivity contribution is -0.0996. The van der Waals surface area contributed by atoms with E-state index in [0.717, 1.165) is 41.9 Å². The van der Waals surface area contributed by atoms with Crippen LogP contribution in [-0.4, -0.2) is 6.17 Å². The van der Waals surface area contributed by atoms with Gasteiger partial charge in [0.05, 0.1) is 0 Å². The van der Waals surface area contributed by atoms with E-state index in [1.807, 2.05) is 0 Å². The van der Waals surface area contributed by atoms with Gasteiger partial charge >= 0.3 is 0 Å². The molecule has 116 valence electrons. The molecule has 10 unspecified atom stereocenters. The van der Waals surface area contributed by atoms with Crippen molar-refractivity contribution < 1.29 is 4.39 Å². The van der Waals surface area contributed by atoms with Crippen LogP contribution in [-0.2, 0) is 0 Å². The maximum absolute atomic E-state index is 14.6. The number of hydrogen-bond donors (Lipinski definition) is 0. The van der Waals surface area contributed by atoms with Gasteiger partial charge < -0.3 is 0 Å². The molecule has 1 heteroatoms. The van der Waals surface area contributed by atoms with Crippen LogP contribution in [0.2, 0.25) is 0 Å². The van der Waals surface area contributed by atoms with Gasteiger partial charge in [0.1, 0.15) is 6.17 Å². The summed E-state index contributed by atoms with van der Waals surface area (Å²) in [5, 5.41) is 0. The summed E-state index contributed by atoms with van der Waals surface area (Å²) in [7, 11) is 0. The number of fused-ring (bicyclic) bond motifs is 3. The maximum atomic E-state index is 14.6. The Kier molecular flexibility index (Phi) is 3.93. The van der Waals surface area contributed by atoms with Gasteiger partial charge in [0.2, 0.25) is 0 Å². The Morgan fingerprint density at radius 3 is 1.75 bits per heavy atom. The molecule has 0 aromatic heterocycles. The van der Waals surface area contributed by atoms with Crippen molar-refractivity contribution in [3.63, 3.8) is 0 Å². The predicted molar refractivity (Wildman–Crippen MR) is 83.1 cm³/mol. The third-order valence-electron chi connectivity index (χ3n) is 7.78. The summed E-state index contributed by atoms with van der Waals surface area (Å²) < 4.78 is 14.6. The molecule has 0 aliphatic heterocycles. The van der Waals surface area contributed by atoms with E-state index in [9.17, 15) is 4.39 Å². The SMILES string of the molecule is CC1CC2CCC3CC(C)C(F)C(C)C3C2C(C)C1C. The molecule has 3 aliphatic rings. The third kappa shape index (κ3) is 2.15. The normalized spacial score (nSPS) is 59.7. The molecule has 0 heterocycles. The Hall–Kier alpha value is -0.0700. The molecule has 0 saturated heterocycles. The second-order valence-electron chi connectivity index (χ2n) is 8.70. The lowest BCUT2D eigenvalue weighted by Gasteiger charge is -2.57. The average molecular weight is 280 g/mol. The fourth-order valence-corrected chi connectivity index (χ4v) is 6.45. The molecule has 0 bridgehead atoms. The Labute approximate surface area is 124 Å². The van der Waals surface area contributed by atoms with E-state index in [-0.39, 0.29) is 5.92 Å².